The average molecular weight is 353 g/mol. The Morgan fingerprint density at radius 2 is 1.88 bits per heavy atom. The van der Waals surface area contributed by atoms with Crippen LogP contribution in [0.2, 0.25) is 0 Å². The highest BCUT2D eigenvalue weighted by Gasteiger charge is 2.41. The molecule has 2 aromatic rings. The van der Waals surface area contributed by atoms with Gasteiger partial charge >= 0.3 is 0 Å². The summed E-state index contributed by atoms with van der Waals surface area (Å²) >= 11 is 0. The van der Waals surface area contributed by atoms with Crippen LogP contribution in [0.15, 0.2) is 42.5 Å². The second-order valence-electron chi connectivity index (χ2n) is 6.85. The van der Waals surface area contributed by atoms with Crippen LogP contribution in [0.25, 0.3) is 0 Å². The molecule has 1 fully saturated rings. The van der Waals surface area contributed by atoms with Crippen LogP contribution in [0.4, 0.5) is 21.5 Å². The summed E-state index contributed by atoms with van der Waals surface area (Å²) in [5.41, 5.74) is 2.26. The van der Waals surface area contributed by atoms with Gasteiger partial charge in [0.25, 0.3) is 5.91 Å². The minimum Gasteiger partial charge on any atom is -0.355 e. The Morgan fingerprint density at radius 3 is 2.58 bits per heavy atom. The van der Waals surface area contributed by atoms with E-state index in [0.29, 0.717) is 11.6 Å². The first-order valence-electron chi connectivity index (χ1n) is 8.73. The molecule has 1 heterocycles. The van der Waals surface area contributed by atoms with E-state index in [1.807, 2.05) is 6.92 Å². The molecule has 0 bridgehead atoms. The lowest BCUT2D eigenvalue weighted by molar-refractivity contribution is -0.119. The minimum absolute atomic E-state index is 0.0490. The molecule has 1 unspecified atom stereocenters. The Morgan fingerprint density at radius 1 is 1.15 bits per heavy atom. The fourth-order valence-corrected chi connectivity index (χ4v) is 3.50. The monoisotopic (exact) mass is 353 g/mol. The number of rotatable bonds is 3. The highest BCUT2D eigenvalue weighted by Crippen LogP contribution is 2.42. The van der Waals surface area contributed by atoms with Crippen molar-refractivity contribution in [3.8, 4) is 0 Å². The molecule has 5 nitrogen and oxygen atoms in total. The van der Waals surface area contributed by atoms with Gasteiger partial charge in [-0.25, -0.2) is 4.39 Å². The van der Waals surface area contributed by atoms with Gasteiger partial charge in [-0.2, -0.15) is 0 Å². The zero-order chi connectivity index (χ0) is 18.4. The van der Waals surface area contributed by atoms with E-state index in [1.54, 1.807) is 42.3 Å². The first-order valence-corrected chi connectivity index (χ1v) is 8.73. The molecule has 1 N–H and O–H groups in total. The van der Waals surface area contributed by atoms with E-state index >= 15 is 0 Å². The Balaban J connectivity index is 1.69. The van der Waals surface area contributed by atoms with E-state index in [9.17, 15) is 14.0 Å². The van der Waals surface area contributed by atoms with Gasteiger partial charge < -0.3 is 15.1 Å². The number of para-hydroxylation sites is 1. The number of amides is 2. The maximum Gasteiger partial charge on any atom is 0.255 e. The number of carbonyl (C=O) groups is 2. The average Bonchev–Trinajstić information content (AvgIpc) is 3.46. The maximum absolute atomic E-state index is 13.8. The second kappa shape index (κ2) is 6.12. The molecule has 0 radical (unpaired) electrons. The van der Waals surface area contributed by atoms with Crippen LogP contribution < -0.4 is 15.1 Å². The highest BCUT2D eigenvalue weighted by molar-refractivity contribution is 6.09. The number of benzene rings is 2. The summed E-state index contributed by atoms with van der Waals surface area (Å²) in [4.78, 5) is 28.8. The van der Waals surface area contributed by atoms with Crippen LogP contribution in [-0.4, -0.2) is 30.9 Å². The van der Waals surface area contributed by atoms with Gasteiger partial charge in [0.2, 0.25) is 5.91 Å². The minimum atomic E-state index is -0.475. The number of carbonyl (C=O) groups excluding carboxylic acids is 2. The Labute approximate surface area is 151 Å². The van der Waals surface area contributed by atoms with Gasteiger partial charge in [-0.1, -0.05) is 12.1 Å². The Hall–Kier alpha value is -2.89. The third kappa shape index (κ3) is 2.71. The predicted molar refractivity (Wildman–Crippen MR) is 99.2 cm³/mol. The smallest absolute Gasteiger partial charge is 0.255 e. The standard InChI is InChI=1S/C20H20FN3O2/c1-12-20(26)23(2)17-10-7-13(11-18(17)24(12)14-8-9-14)19(25)22-16-6-4-3-5-15(16)21/h3-7,10-12,14H,8-9H2,1-2H3,(H,22,25). The summed E-state index contributed by atoms with van der Waals surface area (Å²) in [7, 11) is 1.75. The van der Waals surface area contributed by atoms with E-state index in [0.717, 1.165) is 24.2 Å². The zero-order valence-corrected chi connectivity index (χ0v) is 14.7. The van der Waals surface area contributed by atoms with E-state index < -0.39 is 5.82 Å². The predicted octanol–water partition coefficient (Wildman–Crippen LogP) is 3.41. The topological polar surface area (TPSA) is 52.7 Å². The van der Waals surface area contributed by atoms with Crippen molar-refractivity contribution in [1.29, 1.82) is 0 Å². The lowest BCUT2D eigenvalue weighted by Gasteiger charge is -2.40. The van der Waals surface area contributed by atoms with Crippen LogP contribution in [-0.2, 0) is 4.79 Å². The fraction of sp³-hybridized carbons (Fsp3) is 0.300. The third-order valence-electron chi connectivity index (χ3n) is 5.04. The summed E-state index contributed by atoms with van der Waals surface area (Å²) in [6, 6.07) is 11.4. The number of anilines is 3. The van der Waals surface area contributed by atoms with Crippen LogP contribution in [0.5, 0.6) is 0 Å². The SMILES string of the molecule is CC1C(=O)N(C)c2ccc(C(=O)Nc3ccccc3F)cc2N1C1CC1. The molecule has 2 amide bonds. The number of likely N-dealkylation sites (N-methyl/N-ethyl adjacent to an activating group) is 1. The third-order valence-corrected chi connectivity index (χ3v) is 5.04. The number of fused-ring (bicyclic) bond motifs is 1. The molecule has 1 aliphatic carbocycles. The van der Waals surface area contributed by atoms with E-state index in [4.69, 9.17) is 0 Å². The van der Waals surface area contributed by atoms with Crippen molar-refractivity contribution in [3.05, 3.63) is 53.8 Å². The summed E-state index contributed by atoms with van der Waals surface area (Å²) in [6.45, 7) is 1.90. The maximum atomic E-state index is 13.8. The molecule has 0 saturated heterocycles. The number of nitrogens with zero attached hydrogens (tertiary/aromatic N) is 2. The lowest BCUT2D eigenvalue weighted by Crippen LogP contribution is -2.51. The molecule has 26 heavy (non-hydrogen) atoms. The van der Waals surface area contributed by atoms with E-state index in [2.05, 4.69) is 10.2 Å². The van der Waals surface area contributed by atoms with Gasteiger partial charge in [0.15, 0.2) is 0 Å². The van der Waals surface area contributed by atoms with Crippen LogP contribution in [0, 0.1) is 5.82 Å². The molecule has 4 rings (SSSR count). The van der Waals surface area contributed by atoms with Crippen LogP contribution >= 0.6 is 0 Å². The van der Waals surface area contributed by atoms with Gasteiger partial charge in [0.1, 0.15) is 11.9 Å². The summed E-state index contributed by atoms with van der Waals surface area (Å²) < 4.78 is 13.8. The molecular weight excluding hydrogens is 333 g/mol. The zero-order valence-electron chi connectivity index (χ0n) is 14.7. The molecule has 1 atom stereocenters. The molecule has 6 heteroatoms. The number of halogens is 1. The largest absolute Gasteiger partial charge is 0.355 e. The van der Waals surface area contributed by atoms with Gasteiger partial charge in [-0.15, -0.1) is 0 Å². The van der Waals surface area contributed by atoms with Crippen molar-refractivity contribution in [2.45, 2.75) is 31.8 Å². The summed E-state index contributed by atoms with van der Waals surface area (Å²) in [5, 5.41) is 2.61. The van der Waals surface area contributed by atoms with Crippen molar-refractivity contribution in [2.75, 3.05) is 22.2 Å². The first kappa shape index (κ1) is 16.6. The van der Waals surface area contributed by atoms with Crippen molar-refractivity contribution in [2.24, 2.45) is 0 Å². The number of hydrogen-bond donors (Lipinski definition) is 1. The molecular formula is C20H20FN3O2. The summed E-state index contributed by atoms with van der Waals surface area (Å²) in [5.74, 6) is -0.800. The highest BCUT2D eigenvalue weighted by atomic mass is 19.1. The quantitative estimate of drug-likeness (QED) is 0.920. The molecule has 0 spiro atoms. The van der Waals surface area contributed by atoms with E-state index in [1.165, 1.54) is 12.1 Å². The Bertz CT molecular complexity index is 894. The van der Waals surface area contributed by atoms with Gasteiger partial charge in [0.05, 0.1) is 17.1 Å². The molecule has 2 aliphatic rings. The number of nitrogens with one attached hydrogen (secondary N) is 1. The van der Waals surface area contributed by atoms with Crippen molar-refractivity contribution in [1.82, 2.24) is 0 Å². The van der Waals surface area contributed by atoms with Crippen LogP contribution in [0.3, 0.4) is 0 Å². The van der Waals surface area contributed by atoms with Gasteiger partial charge in [0, 0.05) is 18.7 Å². The molecule has 0 aromatic heterocycles. The van der Waals surface area contributed by atoms with Crippen LogP contribution in [0.1, 0.15) is 30.1 Å². The Kier molecular flexibility index (Phi) is 3.90. The summed E-state index contributed by atoms with van der Waals surface area (Å²) in [6.07, 6.45) is 2.10. The normalized spacial score (nSPS) is 19.3. The molecule has 2 aromatic carbocycles. The first-order chi connectivity index (χ1) is 12.5. The van der Waals surface area contributed by atoms with Crippen molar-refractivity contribution in [3.63, 3.8) is 0 Å². The lowest BCUT2D eigenvalue weighted by atomic mass is 10.0. The fourth-order valence-electron chi connectivity index (χ4n) is 3.50. The van der Waals surface area contributed by atoms with E-state index in [-0.39, 0.29) is 23.5 Å². The molecule has 1 aliphatic heterocycles. The molecule has 1 saturated carbocycles. The molecule has 134 valence electrons. The number of hydrogen-bond acceptors (Lipinski definition) is 3. The van der Waals surface area contributed by atoms with Crippen molar-refractivity contribution >= 4 is 28.9 Å². The second-order valence-corrected chi connectivity index (χ2v) is 6.85. The van der Waals surface area contributed by atoms with Gasteiger partial charge in [-0.05, 0) is 50.1 Å². The van der Waals surface area contributed by atoms with Gasteiger partial charge in [-0.3, -0.25) is 9.59 Å². The van der Waals surface area contributed by atoms with Crippen molar-refractivity contribution < 1.29 is 14.0 Å².